The minimum absolute atomic E-state index is 0.488. The zero-order valence-electron chi connectivity index (χ0n) is 12.0. The third kappa shape index (κ3) is 3.03. The van der Waals surface area contributed by atoms with Crippen LogP contribution in [0, 0.1) is 5.41 Å². The zero-order valence-corrected chi connectivity index (χ0v) is 12.7. The maximum absolute atomic E-state index is 6.32. The van der Waals surface area contributed by atoms with Crippen molar-refractivity contribution in [2.45, 2.75) is 46.1 Å². The van der Waals surface area contributed by atoms with Crippen molar-refractivity contribution >= 4 is 17.4 Å². The molecule has 1 saturated heterocycles. The molecular weight excluding hydrogens is 258 g/mol. The molecule has 0 amide bonds. The monoisotopic (exact) mass is 281 g/mol. The van der Waals surface area contributed by atoms with Gasteiger partial charge in [0.15, 0.2) is 0 Å². The van der Waals surface area contributed by atoms with Crippen LogP contribution >= 0.6 is 11.6 Å². The average molecular weight is 282 g/mol. The molecule has 3 nitrogen and oxygen atoms in total. The van der Waals surface area contributed by atoms with Gasteiger partial charge in [-0.15, -0.1) is 0 Å². The van der Waals surface area contributed by atoms with Crippen LogP contribution in [-0.2, 0) is 6.54 Å². The first-order valence-corrected chi connectivity index (χ1v) is 7.61. The Morgan fingerprint density at radius 3 is 2.42 bits per heavy atom. The predicted octanol–water partition coefficient (Wildman–Crippen LogP) is 3.60. The molecule has 0 saturated carbocycles. The van der Waals surface area contributed by atoms with Gasteiger partial charge in [0, 0.05) is 25.8 Å². The number of nitrogens with zero attached hydrogens (tertiary/aromatic N) is 2. The molecule has 1 aromatic rings. The number of halogens is 1. The summed E-state index contributed by atoms with van der Waals surface area (Å²) in [5.41, 5.74) is 7.12. The van der Waals surface area contributed by atoms with Crippen molar-refractivity contribution in [3.63, 3.8) is 0 Å². The van der Waals surface area contributed by atoms with Crippen LogP contribution in [0.25, 0.3) is 0 Å². The lowest BCUT2D eigenvalue weighted by Crippen LogP contribution is -2.40. The summed E-state index contributed by atoms with van der Waals surface area (Å²) in [6.07, 6.45) is 6.84. The molecule has 0 unspecified atom stereocenters. The quantitative estimate of drug-likeness (QED) is 0.917. The highest BCUT2D eigenvalue weighted by atomic mass is 35.5. The number of hydrogen-bond acceptors (Lipinski definition) is 3. The number of piperidine rings is 1. The highest BCUT2D eigenvalue weighted by Gasteiger charge is 2.32. The Hall–Kier alpha value is -0.800. The summed E-state index contributed by atoms with van der Waals surface area (Å²) in [7, 11) is 0. The van der Waals surface area contributed by atoms with Crippen molar-refractivity contribution in [1.82, 2.24) is 4.98 Å². The van der Waals surface area contributed by atoms with Crippen LogP contribution in [0.4, 0.5) is 5.82 Å². The van der Waals surface area contributed by atoms with E-state index in [0.717, 1.165) is 29.5 Å². The second kappa shape index (κ2) is 6.10. The molecule has 1 fully saturated rings. The molecule has 1 aliphatic rings. The van der Waals surface area contributed by atoms with Gasteiger partial charge in [0.05, 0.1) is 5.02 Å². The molecule has 0 aliphatic carbocycles. The van der Waals surface area contributed by atoms with E-state index >= 15 is 0 Å². The van der Waals surface area contributed by atoms with Gasteiger partial charge in [-0.25, -0.2) is 4.98 Å². The molecule has 2 rings (SSSR count). The lowest BCUT2D eigenvalue weighted by molar-refractivity contribution is 0.199. The Morgan fingerprint density at radius 2 is 1.95 bits per heavy atom. The van der Waals surface area contributed by atoms with Gasteiger partial charge in [-0.1, -0.05) is 38.3 Å². The van der Waals surface area contributed by atoms with E-state index in [1.54, 1.807) is 0 Å². The minimum Gasteiger partial charge on any atom is -0.355 e. The fourth-order valence-electron chi connectivity index (χ4n) is 2.96. The molecule has 106 valence electrons. The first-order chi connectivity index (χ1) is 9.14. The summed E-state index contributed by atoms with van der Waals surface area (Å²) in [5, 5.41) is 0.725. The van der Waals surface area contributed by atoms with Crippen LogP contribution in [0.2, 0.25) is 5.02 Å². The van der Waals surface area contributed by atoms with E-state index in [1.807, 2.05) is 12.3 Å². The molecule has 1 aromatic heterocycles. The second-order valence-electron chi connectivity index (χ2n) is 5.55. The Kier molecular flexibility index (Phi) is 4.69. The standard InChI is InChI=1S/C15H24ClN3/c1-3-15(4-2)5-7-19(8-6-15)14-13(16)9-12(10-17)11-18-14/h9,11H,3-8,10,17H2,1-2H3. The fourth-order valence-corrected chi connectivity index (χ4v) is 3.27. The molecule has 2 N–H and O–H groups in total. The molecule has 2 heterocycles. The highest BCUT2D eigenvalue weighted by molar-refractivity contribution is 6.33. The van der Waals surface area contributed by atoms with Crippen molar-refractivity contribution in [3.05, 3.63) is 22.8 Å². The minimum atomic E-state index is 0.488. The third-order valence-corrected chi connectivity index (χ3v) is 5.02. The first kappa shape index (κ1) is 14.6. The van der Waals surface area contributed by atoms with Crippen LogP contribution in [0.5, 0.6) is 0 Å². The molecular formula is C15H24ClN3. The van der Waals surface area contributed by atoms with Gasteiger partial charge >= 0.3 is 0 Å². The SMILES string of the molecule is CCC1(CC)CCN(c2ncc(CN)cc2Cl)CC1. The molecule has 0 atom stereocenters. The molecule has 0 spiro atoms. The summed E-state index contributed by atoms with van der Waals surface area (Å²) >= 11 is 6.32. The number of hydrogen-bond donors (Lipinski definition) is 1. The maximum atomic E-state index is 6.32. The van der Waals surface area contributed by atoms with Gasteiger partial charge in [0.2, 0.25) is 0 Å². The van der Waals surface area contributed by atoms with Gasteiger partial charge in [-0.05, 0) is 29.9 Å². The summed E-state index contributed by atoms with van der Waals surface area (Å²) in [6, 6.07) is 1.94. The van der Waals surface area contributed by atoms with Crippen LogP contribution in [-0.4, -0.2) is 18.1 Å². The maximum Gasteiger partial charge on any atom is 0.147 e. The van der Waals surface area contributed by atoms with E-state index < -0.39 is 0 Å². The highest BCUT2D eigenvalue weighted by Crippen LogP contribution is 2.39. The Bertz CT molecular complexity index is 419. The first-order valence-electron chi connectivity index (χ1n) is 7.23. The van der Waals surface area contributed by atoms with Crippen molar-refractivity contribution in [2.24, 2.45) is 11.1 Å². The van der Waals surface area contributed by atoms with E-state index in [9.17, 15) is 0 Å². The molecule has 0 bridgehead atoms. The van der Waals surface area contributed by atoms with Gasteiger partial charge < -0.3 is 10.6 Å². The third-order valence-electron chi connectivity index (χ3n) is 4.74. The van der Waals surface area contributed by atoms with E-state index in [2.05, 4.69) is 23.7 Å². The summed E-state index contributed by atoms with van der Waals surface area (Å²) < 4.78 is 0. The lowest BCUT2D eigenvalue weighted by atomic mass is 9.74. The van der Waals surface area contributed by atoms with E-state index in [4.69, 9.17) is 17.3 Å². The second-order valence-corrected chi connectivity index (χ2v) is 5.95. The van der Waals surface area contributed by atoms with Crippen molar-refractivity contribution in [1.29, 1.82) is 0 Å². The van der Waals surface area contributed by atoms with E-state index in [1.165, 1.54) is 25.7 Å². The van der Waals surface area contributed by atoms with Crippen LogP contribution in [0.1, 0.15) is 45.1 Å². The number of anilines is 1. The normalized spacial score (nSPS) is 18.6. The van der Waals surface area contributed by atoms with Crippen molar-refractivity contribution < 1.29 is 0 Å². The fraction of sp³-hybridized carbons (Fsp3) is 0.667. The van der Waals surface area contributed by atoms with Crippen molar-refractivity contribution in [3.8, 4) is 0 Å². The Balaban J connectivity index is 2.09. The lowest BCUT2D eigenvalue weighted by Gasteiger charge is -2.41. The number of aromatic nitrogens is 1. The Labute approximate surface area is 121 Å². The Morgan fingerprint density at radius 1 is 1.32 bits per heavy atom. The number of pyridine rings is 1. The number of nitrogens with two attached hydrogens (primary N) is 1. The zero-order chi connectivity index (χ0) is 13.9. The summed E-state index contributed by atoms with van der Waals surface area (Å²) in [4.78, 5) is 6.80. The van der Waals surface area contributed by atoms with Gasteiger partial charge in [-0.2, -0.15) is 0 Å². The molecule has 0 radical (unpaired) electrons. The molecule has 1 aliphatic heterocycles. The van der Waals surface area contributed by atoms with E-state index in [-0.39, 0.29) is 0 Å². The van der Waals surface area contributed by atoms with Gasteiger partial charge in [0.1, 0.15) is 5.82 Å². The summed E-state index contributed by atoms with van der Waals surface area (Å²) in [5.74, 6) is 0.916. The van der Waals surface area contributed by atoms with Gasteiger partial charge in [0.25, 0.3) is 0 Å². The summed E-state index contributed by atoms with van der Waals surface area (Å²) in [6.45, 7) is 7.20. The smallest absolute Gasteiger partial charge is 0.147 e. The molecule has 0 aromatic carbocycles. The molecule has 19 heavy (non-hydrogen) atoms. The van der Waals surface area contributed by atoms with Gasteiger partial charge in [-0.3, -0.25) is 0 Å². The molecule has 4 heteroatoms. The van der Waals surface area contributed by atoms with Crippen LogP contribution in [0.15, 0.2) is 12.3 Å². The van der Waals surface area contributed by atoms with Crippen molar-refractivity contribution in [2.75, 3.05) is 18.0 Å². The van der Waals surface area contributed by atoms with Crippen LogP contribution in [0.3, 0.4) is 0 Å². The topological polar surface area (TPSA) is 42.2 Å². The largest absolute Gasteiger partial charge is 0.355 e. The number of rotatable bonds is 4. The average Bonchev–Trinajstić information content (AvgIpc) is 2.47. The van der Waals surface area contributed by atoms with Crippen LogP contribution < -0.4 is 10.6 Å². The predicted molar refractivity (Wildman–Crippen MR) is 81.6 cm³/mol. The van der Waals surface area contributed by atoms with E-state index in [0.29, 0.717) is 12.0 Å².